The molecule has 1 saturated heterocycles. The van der Waals surface area contributed by atoms with Crippen molar-refractivity contribution in [3.05, 3.63) is 29.3 Å². The molecule has 0 spiro atoms. The van der Waals surface area contributed by atoms with E-state index < -0.39 is 5.97 Å². The average Bonchev–Trinajstić information content (AvgIpc) is 2.36. The second-order valence-corrected chi connectivity index (χ2v) is 5.55. The molecule has 0 amide bonds. The fourth-order valence-electron chi connectivity index (χ4n) is 2.60. The summed E-state index contributed by atoms with van der Waals surface area (Å²) in [5.41, 5.74) is 2.08. The molecule has 104 valence electrons. The summed E-state index contributed by atoms with van der Waals surface area (Å²) in [5.74, 6) is -0.868. The van der Waals surface area contributed by atoms with Gasteiger partial charge in [0, 0.05) is 24.3 Å². The molecule has 0 radical (unpaired) electrons. The fraction of sp³-hybridized carbons (Fsp3) is 0.533. The van der Waals surface area contributed by atoms with E-state index in [0.717, 1.165) is 30.6 Å². The van der Waals surface area contributed by atoms with Gasteiger partial charge in [-0.15, -0.1) is 0 Å². The molecule has 0 aromatic heterocycles. The van der Waals surface area contributed by atoms with Crippen LogP contribution in [0.3, 0.4) is 0 Å². The molecule has 0 aliphatic carbocycles. The number of nitrogens with zero attached hydrogens (tertiary/aromatic N) is 1. The van der Waals surface area contributed by atoms with Crippen molar-refractivity contribution in [3.8, 4) is 0 Å². The molecule has 1 aliphatic rings. The van der Waals surface area contributed by atoms with Crippen LogP contribution in [0.25, 0.3) is 0 Å². The van der Waals surface area contributed by atoms with Gasteiger partial charge in [0.1, 0.15) is 0 Å². The van der Waals surface area contributed by atoms with Crippen LogP contribution in [0.5, 0.6) is 0 Å². The van der Waals surface area contributed by atoms with E-state index in [9.17, 15) is 9.90 Å². The number of benzene rings is 1. The lowest BCUT2D eigenvalue weighted by Gasteiger charge is -2.36. The smallest absolute Gasteiger partial charge is 0.337 e. The summed E-state index contributed by atoms with van der Waals surface area (Å²) in [6.07, 6.45) is 2.09. The lowest BCUT2D eigenvalue weighted by molar-refractivity contribution is 0.0697. The summed E-state index contributed by atoms with van der Waals surface area (Å²) in [4.78, 5) is 13.6. The zero-order chi connectivity index (χ0) is 14.0. The highest BCUT2D eigenvalue weighted by Gasteiger charge is 2.23. The Morgan fingerprint density at radius 2 is 2.21 bits per heavy atom. The molecule has 4 nitrogen and oxygen atoms in total. The number of hydrogen-bond acceptors (Lipinski definition) is 3. The number of anilines is 1. The lowest BCUT2D eigenvalue weighted by Crippen LogP contribution is -2.42. The number of carbonyl (C=O) groups is 1. The molecule has 19 heavy (non-hydrogen) atoms. The highest BCUT2D eigenvalue weighted by atomic mass is 16.4. The molecule has 4 heteroatoms. The Hall–Kier alpha value is -1.55. The van der Waals surface area contributed by atoms with Gasteiger partial charge in [0.15, 0.2) is 0 Å². The van der Waals surface area contributed by atoms with Gasteiger partial charge < -0.3 is 15.3 Å². The quantitative estimate of drug-likeness (QED) is 0.879. The van der Waals surface area contributed by atoms with E-state index in [0.29, 0.717) is 17.6 Å². The summed E-state index contributed by atoms with van der Waals surface area (Å²) in [6, 6.07) is 6.44. The zero-order valence-corrected chi connectivity index (χ0v) is 11.8. The van der Waals surface area contributed by atoms with E-state index >= 15 is 0 Å². The summed E-state index contributed by atoms with van der Waals surface area (Å²) in [6.45, 7) is 5.17. The molecular formula is C15H22N2O2. The second-order valence-electron chi connectivity index (χ2n) is 5.55. The largest absolute Gasteiger partial charge is 0.478 e. The number of likely N-dealkylation sites (tertiary alicyclic amines) is 1. The monoisotopic (exact) mass is 262 g/mol. The first-order valence-electron chi connectivity index (χ1n) is 6.78. The predicted octanol–water partition coefficient (Wildman–Crippen LogP) is 2.59. The van der Waals surface area contributed by atoms with Gasteiger partial charge in [-0.25, -0.2) is 4.79 Å². The number of nitrogens with one attached hydrogen (secondary N) is 1. The first kappa shape index (κ1) is 13.9. The Bertz CT molecular complexity index is 473. The minimum atomic E-state index is -0.868. The van der Waals surface area contributed by atoms with Crippen LogP contribution in [0.4, 0.5) is 5.69 Å². The topological polar surface area (TPSA) is 52.6 Å². The molecule has 1 heterocycles. The number of aromatic carboxylic acids is 1. The Labute approximate surface area is 114 Å². The summed E-state index contributed by atoms with van der Waals surface area (Å²) < 4.78 is 0. The third-order valence-corrected chi connectivity index (χ3v) is 3.97. The third-order valence-electron chi connectivity index (χ3n) is 3.97. The average molecular weight is 262 g/mol. The van der Waals surface area contributed by atoms with Crippen LogP contribution in [-0.2, 0) is 0 Å². The van der Waals surface area contributed by atoms with Crippen LogP contribution < -0.4 is 5.32 Å². The van der Waals surface area contributed by atoms with Crippen molar-refractivity contribution < 1.29 is 9.90 Å². The molecule has 1 aromatic carbocycles. The van der Waals surface area contributed by atoms with Gasteiger partial charge in [0.25, 0.3) is 0 Å². The van der Waals surface area contributed by atoms with Crippen LogP contribution in [0.2, 0.25) is 0 Å². The number of carboxylic acids is 1. The highest BCUT2D eigenvalue weighted by molar-refractivity contribution is 5.94. The van der Waals surface area contributed by atoms with Gasteiger partial charge in [-0.3, -0.25) is 0 Å². The van der Waals surface area contributed by atoms with Crippen LogP contribution in [-0.4, -0.2) is 41.7 Å². The normalized spacial score (nSPS) is 24.2. The molecule has 2 atom stereocenters. The molecule has 1 aliphatic heterocycles. The third kappa shape index (κ3) is 3.26. The van der Waals surface area contributed by atoms with Gasteiger partial charge in [-0.1, -0.05) is 11.6 Å². The zero-order valence-electron chi connectivity index (χ0n) is 11.8. The van der Waals surface area contributed by atoms with Crippen molar-refractivity contribution in [3.63, 3.8) is 0 Å². The van der Waals surface area contributed by atoms with E-state index in [-0.39, 0.29) is 0 Å². The van der Waals surface area contributed by atoms with Crippen molar-refractivity contribution in [2.24, 2.45) is 0 Å². The maximum absolute atomic E-state index is 11.3. The van der Waals surface area contributed by atoms with Crippen LogP contribution >= 0.6 is 0 Å². The Morgan fingerprint density at radius 3 is 2.84 bits per heavy atom. The number of hydrogen-bond donors (Lipinski definition) is 2. The van der Waals surface area contributed by atoms with E-state index in [1.54, 1.807) is 6.07 Å². The molecule has 0 bridgehead atoms. The Morgan fingerprint density at radius 1 is 1.47 bits per heavy atom. The number of carboxylic acid groups (broad SMARTS) is 1. The van der Waals surface area contributed by atoms with E-state index in [1.807, 2.05) is 19.1 Å². The molecule has 1 fully saturated rings. The number of aryl methyl sites for hydroxylation is 1. The fourth-order valence-corrected chi connectivity index (χ4v) is 2.60. The maximum atomic E-state index is 11.3. The van der Waals surface area contributed by atoms with Gasteiger partial charge in [0.05, 0.1) is 5.56 Å². The van der Waals surface area contributed by atoms with Gasteiger partial charge >= 0.3 is 5.97 Å². The van der Waals surface area contributed by atoms with Crippen molar-refractivity contribution >= 4 is 11.7 Å². The highest BCUT2D eigenvalue weighted by Crippen LogP contribution is 2.23. The Balaban J connectivity index is 2.13. The molecule has 1 aromatic rings. The van der Waals surface area contributed by atoms with Crippen molar-refractivity contribution in [1.82, 2.24) is 4.90 Å². The van der Waals surface area contributed by atoms with E-state index in [2.05, 4.69) is 24.2 Å². The number of piperidine rings is 1. The van der Waals surface area contributed by atoms with Gasteiger partial charge in [-0.05, 0) is 45.9 Å². The van der Waals surface area contributed by atoms with Crippen molar-refractivity contribution in [2.75, 3.05) is 18.9 Å². The SMILES string of the molecule is Cc1ccc(NC2CCN(C)C(C)C2)c(C(=O)O)c1. The summed E-state index contributed by atoms with van der Waals surface area (Å²) in [5, 5.41) is 12.7. The summed E-state index contributed by atoms with van der Waals surface area (Å²) >= 11 is 0. The predicted molar refractivity (Wildman–Crippen MR) is 76.9 cm³/mol. The minimum Gasteiger partial charge on any atom is -0.478 e. The molecule has 2 rings (SSSR count). The molecular weight excluding hydrogens is 240 g/mol. The number of rotatable bonds is 3. The van der Waals surface area contributed by atoms with Crippen LogP contribution in [0, 0.1) is 6.92 Å². The summed E-state index contributed by atoms with van der Waals surface area (Å²) in [7, 11) is 2.13. The van der Waals surface area contributed by atoms with E-state index in [4.69, 9.17) is 0 Å². The first-order chi connectivity index (χ1) is 8.97. The first-order valence-corrected chi connectivity index (χ1v) is 6.78. The molecule has 2 N–H and O–H groups in total. The van der Waals surface area contributed by atoms with Crippen LogP contribution in [0.15, 0.2) is 18.2 Å². The lowest BCUT2D eigenvalue weighted by atomic mass is 9.98. The molecule has 2 unspecified atom stereocenters. The minimum absolute atomic E-state index is 0.354. The van der Waals surface area contributed by atoms with Crippen molar-refractivity contribution in [1.29, 1.82) is 0 Å². The molecule has 0 saturated carbocycles. The van der Waals surface area contributed by atoms with Crippen molar-refractivity contribution in [2.45, 2.75) is 38.8 Å². The maximum Gasteiger partial charge on any atom is 0.337 e. The standard InChI is InChI=1S/C15H22N2O2/c1-10-4-5-14(13(8-10)15(18)19)16-12-6-7-17(3)11(2)9-12/h4-5,8,11-12,16H,6-7,9H2,1-3H3,(H,18,19). The van der Waals surface area contributed by atoms with Gasteiger partial charge in [0.2, 0.25) is 0 Å². The van der Waals surface area contributed by atoms with Gasteiger partial charge in [-0.2, -0.15) is 0 Å². The van der Waals surface area contributed by atoms with E-state index in [1.165, 1.54) is 0 Å². The second kappa shape index (κ2) is 5.61. The van der Waals surface area contributed by atoms with Crippen LogP contribution in [0.1, 0.15) is 35.7 Å². The Kier molecular flexibility index (Phi) is 4.10.